The molecule has 3 N–H and O–H groups in total. The van der Waals surface area contributed by atoms with Crippen LogP contribution in [0.25, 0.3) is 0 Å². The number of nitriles is 1. The van der Waals surface area contributed by atoms with Gasteiger partial charge in [-0.25, -0.2) is 4.68 Å². The highest BCUT2D eigenvalue weighted by atomic mass is 16.3. The van der Waals surface area contributed by atoms with Gasteiger partial charge < -0.3 is 20.6 Å². The van der Waals surface area contributed by atoms with E-state index in [1.807, 2.05) is 27.0 Å². The number of carbonyl (C=O) groups excluding carboxylic acids is 3. The third-order valence-corrected chi connectivity index (χ3v) is 6.84. The minimum absolute atomic E-state index is 0.0323. The molecule has 0 aromatic carbocycles. The van der Waals surface area contributed by atoms with E-state index in [1.54, 1.807) is 4.68 Å². The van der Waals surface area contributed by atoms with Gasteiger partial charge in [0.1, 0.15) is 12.1 Å². The monoisotopic (exact) mass is 471 g/mol. The maximum Gasteiger partial charge on any atom is 0.248 e. The Morgan fingerprint density at radius 2 is 2.00 bits per heavy atom. The number of aliphatic hydroxyl groups is 1. The zero-order valence-electron chi connectivity index (χ0n) is 20.0. The molecule has 34 heavy (non-hydrogen) atoms. The fraction of sp³-hybridized carbons (Fsp3) is 0.739. The third-order valence-electron chi connectivity index (χ3n) is 6.84. The van der Waals surface area contributed by atoms with Gasteiger partial charge in [0.05, 0.1) is 29.8 Å². The minimum atomic E-state index is -0.888. The Balaban J connectivity index is 1.41. The van der Waals surface area contributed by atoms with E-state index in [0.29, 0.717) is 5.92 Å². The number of amides is 3. The van der Waals surface area contributed by atoms with E-state index >= 15 is 0 Å². The second-order valence-electron chi connectivity index (χ2n) is 10.9. The van der Waals surface area contributed by atoms with Gasteiger partial charge in [-0.2, -0.15) is 5.26 Å². The van der Waals surface area contributed by atoms with Crippen LogP contribution in [0.4, 0.5) is 0 Å². The van der Waals surface area contributed by atoms with Crippen LogP contribution in [0.15, 0.2) is 6.20 Å². The molecule has 2 heterocycles. The van der Waals surface area contributed by atoms with Crippen molar-refractivity contribution in [2.45, 2.75) is 77.0 Å². The Morgan fingerprint density at radius 1 is 1.29 bits per heavy atom. The normalized spacial score (nSPS) is 24.3. The lowest BCUT2D eigenvalue weighted by molar-refractivity contribution is -0.144. The molecule has 3 aliphatic rings. The molecule has 3 fully saturated rings. The van der Waals surface area contributed by atoms with Crippen LogP contribution in [0, 0.1) is 22.2 Å². The molecule has 11 heteroatoms. The van der Waals surface area contributed by atoms with E-state index in [2.05, 4.69) is 27.0 Å². The number of carbonyl (C=O) groups is 3. The van der Waals surface area contributed by atoms with Crippen molar-refractivity contribution in [3.05, 3.63) is 11.9 Å². The fourth-order valence-corrected chi connectivity index (χ4v) is 4.42. The summed E-state index contributed by atoms with van der Waals surface area (Å²) in [5.74, 6) is -0.809. The second kappa shape index (κ2) is 8.98. The van der Waals surface area contributed by atoms with Crippen molar-refractivity contribution in [2.75, 3.05) is 19.6 Å². The highest BCUT2D eigenvalue weighted by Gasteiger charge is 2.46. The predicted molar refractivity (Wildman–Crippen MR) is 120 cm³/mol. The lowest BCUT2D eigenvalue weighted by Gasteiger charge is -2.34. The molecule has 0 bridgehead atoms. The van der Waals surface area contributed by atoms with Gasteiger partial charge in [-0.15, -0.1) is 5.10 Å². The van der Waals surface area contributed by atoms with E-state index < -0.39 is 40.8 Å². The van der Waals surface area contributed by atoms with Gasteiger partial charge in [0.15, 0.2) is 0 Å². The molecule has 1 aromatic rings. The van der Waals surface area contributed by atoms with Crippen molar-refractivity contribution >= 4 is 17.7 Å². The van der Waals surface area contributed by atoms with E-state index in [0.717, 1.165) is 31.4 Å². The van der Waals surface area contributed by atoms with E-state index in [-0.39, 0.29) is 32.0 Å². The summed E-state index contributed by atoms with van der Waals surface area (Å²) < 4.78 is 1.58. The number of rotatable bonds is 8. The second-order valence-corrected chi connectivity index (χ2v) is 10.9. The summed E-state index contributed by atoms with van der Waals surface area (Å²) in [6, 6.07) is 0.617. The van der Waals surface area contributed by atoms with Gasteiger partial charge in [0.2, 0.25) is 17.7 Å². The van der Waals surface area contributed by atoms with Gasteiger partial charge in [0.25, 0.3) is 0 Å². The average molecular weight is 472 g/mol. The Bertz CT molecular complexity index is 1000. The van der Waals surface area contributed by atoms with Crippen molar-refractivity contribution in [2.24, 2.45) is 10.8 Å². The predicted octanol–water partition coefficient (Wildman–Crippen LogP) is 0.241. The zero-order chi connectivity index (χ0) is 24.7. The topological polar surface area (TPSA) is 153 Å². The van der Waals surface area contributed by atoms with Gasteiger partial charge in [-0.1, -0.05) is 26.0 Å². The molecule has 4 rings (SSSR count). The van der Waals surface area contributed by atoms with Crippen molar-refractivity contribution < 1.29 is 19.5 Å². The number of aromatic nitrogens is 3. The number of hydrogen-bond acceptors (Lipinski definition) is 7. The van der Waals surface area contributed by atoms with Crippen molar-refractivity contribution in [3.63, 3.8) is 0 Å². The van der Waals surface area contributed by atoms with Crippen LogP contribution in [0.2, 0.25) is 0 Å². The van der Waals surface area contributed by atoms with Crippen LogP contribution in [0.1, 0.15) is 70.5 Å². The molecule has 2 saturated carbocycles. The number of likely N-dealkylation sites (tertiary alicyclic amines) is 1. The molecule has 1 aliphatic heterocycles. The Kier molecular flexibility index (Phi) is 6.38. The number of hydrogen-bond donors (Lipinski definition) is 3. The van der Waals surface area contributed by atoms with Crippen LogP contribution in [0.3, 0.4) is 0 Å². The summed E-state index contributed by atoms with van der Waals surface area (Å²) in [6.07, 6.45) is 4.73. The number of nitrogens with zero attached hydrogens (tertiary/aromatic N) is 5. The average Bonchev–Trinajstić information content (AvgIpc) is 3.69. The Labute approximate surface area is 198 Å². The van der Waals surface area contributed by atoms with Gasteiger partial charge in [0, 0.05) is 31.6 Å². The van der Waals surface area contributed by atoms with Gasteiger partial charge in [-0.05, 0) is 31.1 Å². The summed E-state index contributed by atoms with van der Waals surface area (Å²) in [6.45, 7) is 5.81. The van der Waals surface area contributed by atoms with Crippen LogP contribution in [0.5, 0.6) is 0 Å². The molecular formula is C23H33N7O4. The first kappa shape index (κ1) is 24.1. The third kappa shape index (κ3) is 5.22. The fourth-order valence-electron chi connectivity index (χ4n) is 4.42. The first-order chi connectivity index (χ1) is 16.0. The summed E-state index contributed by atoms with van der Waals surface area (Å²) in [4.78, 5) is 40.1. The van der Waals surface area contributed by atoms with Crippen LogP contribution >= 0.6 is 0 Å². The molecule has 0 radical (unpaired) electrons. The summed E-state index contributed by atoms with van der Waals surface area (Å²) in [5.41, 5.74) is -0.117. The molecule has 2 unspecified atom stereocenters. The molecule has 1 saturated heterocycles. The maximum absolute atomic E-state index is 13.7. The summed E-state index contributed by atoms with van der Waals surface area (Å²) in [7, 11) is 0. The molecule has 0 spiro atoms. The first-order valence-corrected chi connectivity index (χ1v) is 11.9. The first-order valence-electron chi connectivity index (χ1n) is 11.9. The molecule has 1 aromatic heterocycles. The Hall–Kier alpha value is -3.00. The largest absolute Gasteiger partial charge is 0.391 e. The molecule has 2 aliphatic carbocycles. The number of aliphatic hydroxyl groups excluding tert-OH is 1. The van der Waals surface area contributed by atoms with Gasteiger partial charge in [-0.3, -0.25) is 14.4 Å². The summed E-state index contributed by atoms with van der Waals surface area (Å²) >= 11 is 0. The quantitative estimate of drug-likeness (QED) is 0.491. The highest BCUT2D eigenvalue weighted by molar-refractivity contribution is 5.92. The SMILES string of the molecule is CC(C)(C)[C@@H](C(=O)N1CC(O)CC1C(=O)NCC(=O)NCC1(C#N)CC1)n1cc(C2CC2)nn1. The molecule has 11 nitrogen and oxygen atoms in total. The molecule has 3 atom stereocenters. The van der Waals surface area contributed by atoms with Crippen molar-refractivity contribution in [3.8, 4) is 6.07 Å². The molecule has 3 amide bonds. The number of β-amino-alcohol motifs (C(OH)–C–C–N with tert-alkyl or cyclic N) is 1. The van der Waals surface area contributed by atoms with E-state index in [1.165, 1.54) is 4.90 Å². The van der Waals surface area contributed by atoms with E-state index in [9.17, 15) is 19.5 Å². The minimum Gasteiger partial charge on any atom is -0.391 e. The van der Waals surface area contributed by atoms with E-state index in [4.69, 9.17) is 5.26 Å². The number of nitrogens with one attached hydrogen (secondary N) is 2. The summed E-state index contributed by atoms with van der Waals surface area (Å²) in [5, 5.41) is 33.1. The van der Waals surface area contributed by atoms with Gasteiger partial charge >= 0.3 is 0 Å². The lowest BCUT2D eigenvalue weighted by atomic mass is 9.85. The highest BCUT2D eigenvalue weighted by Crippen LogP contribution is 2.44. The Morgan fingerprint density at radius 3 is 2.59 bits per heavy atom. The van der Waals surface area contributed by atoms with Crippen molar-refractivity contribution in [1.82, 2.24) is 30.5 Å². The standard InChI is InChI=1S/C23H33N7O4/c1-22(2,3)19(30-11-16(27-28-30)14-4-5-14)21(34)29-10-15(31)8-17(29)20(33)25-9-18(32)26-13-23(12-24)6-7-23/h11,14-15,17,19,31H,4-10,13H2,1-3H3,(H,25,33)(H,26,32)/t15?,17?,19-/m1/s1. The maximum atomic E-state index is 13.7. The van der Waals surface area contributed by atoms with Crippen LogP contribution in [-0.4, -0.2) is 74.5 Å². The molecule has 184 valence electrons. The van der Waals surface area contributed by atoms with Crippen LogP contribution < -0.4 is 10.6 Å². The van der Waals surface area contributed by atoms with Crippen LogP contribution in [-0.2, 0) is 14.4 Å². The smallest absolute Gasteiger partial charge is 0.248 e. The lowest BCUT2D eigenvalue weighted by Crippen LogP contribution is -2.51. The molecular weight excluding hydrogens is 438 g/mol. The van der Waals surface area contributed by atoms with Crippen molar-refractivity contribution in [1.29, 1.82) is 5.26 Å². The zero-order valence-corrected chi connectivity index (χ0v) is 20.0.